The third-order valence-corrected chi connectivity index (χ3v) is 9.73. The van der Waals surface area contributed by atoms with Crippen molar-refractivity contribution < 1.29 is 13.4 Å². The molecule has 4 rings (SSSR count). The number of rotatable bonds is 6. The molecule has 0 heterocycles. The Morgan fingerprint density at radius 3 is 1.48 bits per heavy atom. The summed E-state index contributed by atoms with van der Waals surface area (Å²) in [6.45, 7) is 0. The van der Waals surface area contributed by atoms with Crippen LogP contribution in [-0.4, -0.2) is 12.1 Å². The van der Waals surface area contributed by atoms with Crippen molar-refractivity contribution in [1.82, 2.24) is 10.2 Å². The minimum absolute atomic E-state index is 0.104. The zero-order chi connectivity index (χ0) is 16.2. The fourth-order valence-corrected chi connectivity index (χ4v) is 8.87. The molecule has 4 bridgehead atoms. The van der Waals surface area contributed by atoms with E-state index in [4.69, 9.17) is 15.3 Å². The molecule has 0 aromatic rings. The second-order valence-corrected chi connectivity index (χ2v) is 11.7. The third kappa shape index (κ3) is 3.62. The molecule has 0 aliphatic heterocycles. The van der Waals surface area contributed by atoms with Gasteiger partial charge in [-0.05, 0) is 62.2 Å². The van der Waals surface area contributed by atoms with E-state index in [-0.39, 0.29) is 12.1 Å². The first-order valence-corrected chi connectivity index (χ1v) is 12.2. The zero-order valence-corrected chi connectivity index (χ0v) is 15.2. The van der Waals surface area contributed by atoms with Gasteiger partial charge in [0.25, 0.3) is 0 Å². The standard InChI is InChI=1S/C14H28N4O3P2/c15-22(19,17-13-7-9-1-3-11(13)5-9)21-23(16,20)18-14-8-10-2-4-12(14)6-10/h9-14H,1-8H2,(H3,15,17,19)(H3,16,18,20). The van der Waals surface area contributed by atoms with Gasteiger partial charge in [0.05, 0.1) is 0 Å². The van der Waals surface area contributed by atoms with Crippen LogP contribution in [0.2, 0.25) is 0 Å². The number of fused-ring (bicyclic) bond motifs is 4. The molecule has 9 heteroatoms. The number of hydrogen-bond acceptors (Lipinski definition) is 3. The van der Waals surface area contributed by atoms with Gasteiger partial charge in [-0.3, -0.25) is 9.13 Å². The van der Waals surface area contributed by atoms with E-state index in [2.05, 4.69) is 10.2 Å². The second kappa shape index (κ2) is 5.91. The summed E-state index contributed by atoms with van der Waals surface area (Å²) in [5.74, 6) is 2.43. The molecule has 23 heavy (non-hydrogen) atoms. The van der Waals surface area contributed by atoms with Gasteiger partial charge in [-0.1, -0.05) is 12.8 Å². The minimum Gasteiger partial charge on any atom is -0.256 e. The lowest BCUT2D eigenvalue weighted by atomic mass is 9.96. The quantitative estimate of drug-likeness (QED) is 0.536. The molecule has 4 fully saturated rings. The fraction of sp³-hybridized carbons (Fsp3) is 1.00. The third-order valence-electron chi connectivity index (χ3n) is 6.41. The molecule has 0 saturated heterocycles. The van der Waals surface area contributed by atoms with Crippen molar-refractivity contribution in [2.24, 2.45) is 34.7 Å². The lowest BCUT2D eigenvalue weighted by Crippen LogP contribution is -2.37. The molecule has 6 N–H and O–H groups in total. The van der Waals surface area contributed by atoms with E-state index in [1.807, 2.05) is 0 Å². The zero-order valence-electron chi connectivity index (χ0n) is 13.4. The minimum atomic E-state index is -3.67. The second-order valence-electron chi connectivity index (χ2n) is 8.10. The molecule has 8 atom stereocenters. The lowest BCUT2D eigenvalue weighted by Gasteiger charge is -2.30. The summed E-state index contributed by atoms with van der Waals surface area (Å²) in [6, 6.07) is 0.208. The van der Waals surface area contributed by atoms with Crippen LogP contribution in [0.25, 0.3) is 0 Å². The average molecular weight is 362 g/mol. The Balaban J connectivity index is 1.33. The normalized spacial score (nSPS) is 46.9. The van der Waals surface area contributed by atoms with Gasteiger partial charge in [0.1, 0.15) is 0 Å². The highest BCUT2D eigenvalue weighted by Crippen LogP contribution is 2.55. The average Bonchev–Trinajstić information content (AvgIpc) is 3.15. The van der Waals surface area contributed by atoms with Gasteiger partial charge in [0, 0.05) is 12.1 Å². The van der Waals surface area contributed by atoms with Crippen molar-refractivity contribution in [1.29, 1.82) is 0 Å². The van der Waals surface area contributed by atoms with Crippen LogP contribution in [-0.2, 0) is 13.4 Å². The summed E-state index contributed by atoms with van der Waals surface area (Å²) < 4.78 is 30.3. The molecule has 0 aromatic carbocycles. The van der Waals surface area contributed by atoms with Crippen LogP contribution in [0, 0.1) is 23.7 Å². The van der Waals surface area contributed by atoms with Crippen LogP contribution in [0.4, 0.5) is 0 Å². The summed E-state index contributed by atoms with van der Waals surface area (Å²) in [5.41, 5.74) is 11.6. The van der Waals surface area contributed by atoms with Crippen LogP contribution in [0.3, 0.4) is 0 Å². The van der Waals surface area contributed by atoms with E-state index >= 15 is 0 Å². The topological polar surface area (TPSA) is 119 Å². The Kier molecular flexibility index (Phi) is 4.29. The van der Waals surface area contributed by atoms with Crippen molar-refractivity contribution in [3.63, 3.8) is 0 Å². The predicted molar refractivity (Wildman–Crippen MR) is 89.4 cm³/mol. The maximum Gasteiger partial charge on any atom is 0.345 e. The molecule has 132 valence electrons. The molecule has 4 aliphatic rings. The van der Waals surface area contributed by atoms with Crippen LogP contribution in [0.1, 0.15) is 51.4 Å². The van der Waals surface area contributed by atoms with Gasteiger partial charge in [-0.25, -0.2) is 25.5 Å². The molecular formula is C14H28N4O3P2. The Labute approximate surface area is 137 Å². The van der Waals surface area contributed by atoms with Gasteiger partial charge in [0.2, 0.25) is 0 Å². The van der Waals surface area contributed by atoms with E-state index in [1.54, 1.807) is 0 Å². The highest BCUT2D eigenvalue weighted by Gasteiger charge is 2.45. The Morgan fingerprint density at radius 1 is 0.739 bits per heavy atom. The Morgan fingerprint density at radius 2 is 1.17 bits per heavy atom. The summed E-state index contributed by atoms with van der Waals surface area (Å²) in [6.07, 6.45) is 9.08. The van der Waals surface area contributed by atoms with Crippen LogP contribution in [0.15, 0.2) is 0 Å². The van der Waals surface area contributed by atoms with E-state index < -0.39 is 15.3 Å². The van der Waals surface area contributed by atoms with E-state index in [1.165, 1.54) is 25.7 Å². The summed E-state index contributed by atoms with van der Waals surface area (Å²) in [5, 5.41) is 5.84. The van der Waals surface area contributed by atoms with Gasteiger partial charge in [-0.2, -0.15) is 0 Å². The van der Waals surface area contributed by atoms with Crippen molar-refractivity contribution in [3.8, 4) is 0 Å². The smallest absolute Gasteiger partial charge is 0.256 e. The van der Waals surface area contributed by atoms with E-state index in [0.717, 1.165) is 25.7 Å². The number of hydrogen-bond donors (Lipinski definition) is 4. The molecule has 4 saturated carbocycles. The first-order valence-electron chi connectivity index (χ1n) is 8.84. The van der Waals surface area contributed by atoms with Crippen LogP contribution >= 0.6 is 15.3 Å². The predicted octanol–water partition coefficient (Wildman–Crippen LogP) is 2.69. The fourth-order valence-electron chi connectivity index (χ4n) is 5.50. The van der Waals surface area contributed by atoms with Gasteiger partial charge < -0.3 is 0 Å². The highest BCUT2D eigenvalue weighted by atomic mass is 31.3. The SMILES string of the molecule is NP(=O)(NC1CC2CCC1C2)OP(N)(=O)NC1CC2CCC1C2. The summed E-state index contributed by atoms with van der Waals surface area (Å²) in [4.78, 5) is 0. The number of nitrogens with two attached hydrogens (primary N) is 2. The Hall–Kier alpha value is 0.260. The molecule has 0 spiro atoms. The largest absolute Gasteiger partial charge is 0.345 e. The molecule has 8 unspecified atom stereocenters. The van der Waals surface area contributed by atoms with Crippen molar-refractivity contribution in [3.05, 3.63) is 0 Å². The first kappa shape index (κ1) is 16.7. The van der Waals surface area contributed by atoms with Gasteiger partial charge >= 0.3 is 15.3 Å². The van der Waals surface area contributed by atoms with Gasteiger partial charge in [0.15, 0.2) is 0 Å². The summed E-state index contributed by atoms with van der Waals surface area (Å²) in [7, 11) is -7.34. The molecule has 0 aromatic heterocycles. The Bertz CT molecular complexity index is 526. The maximum atomic E-state index is 12.5. The number of nitrogens with one attached hydrogen (secondary N) is 2. The van der Waals surface area contributed by atoms with Crippen molar-refractivity contribution in [2.75, 3.05) is 0 Å². The molecular weight excluding hydrogens is 334 g/mol. The van der Waals surface area contributed by atoms with Gasteiger partial charge in [-0.15, -0.1) is 0 Å². The molecule has 0 amide bonds. The molecule has 4 aliphatic carbocycles. The maximum absolute atomic E-state index is 12.5. The van der Waals surface area contributed by atoms with Crippen LogP contribution in [0.5, 0.6) is 0 Å². The van der Waals surface area contributed by atoms with E-state index in [9.17, 15) is 9.13 Å². The highest BCUT2D eigenvalue weighted by molar-refractivity contribution is 7.67. The monoisotopic (exact) mass is 362 g/mol. The van der Waals surface area contributed by atoms with Crippen LogP contribution < -0.4 is 21.2 Å². The van der Waals surface area contributed by atoms with E-state index in [0.29, 0.717) is 23.7 Å². The molecule has 0 radical (unpaired) electrons. The first-order chi connectivity index (χ1) is 10.8. The summed E-state index contributed by atoms with van der Waals surface area (Å²) >= 11 is 0. The van der Waals surface area contributed by atoms with Crippen molar-refractivity contribution >= 4 is 15.3 Å². The van der Waals surface area contributed by atoms with Crippen molar-refractivity contribution in [2.45, 2.75) is 63.5 Å². The molecule has 7 nitrogen and oxygen atoms in total. The lowest BCUT2D eigenvalue weighted by molar-refractivity contribution is 0.354.